The summed E-state index contributed by atoms with van der Waals surface area (Å²) in [5, 5.41) is 1.97. The minimum atomic E-state index is 0.0842. The number of methoxy groups -OCH3 is 1. The Morgan fingerprint density at radius 2 is 1.90 bits per heavy atom. The molecule has 1 aliphatic rings. The summed E-state index contributed by atoms with van der Waals surface area (Å²) < 4.78 is 6.43. The smallest absolute Gasteiger partial charge is 0.196 e. The zero-order valence-corrected chi connectivity index (χ0v) is 18.4. The fourth-order valence-electron chi connectivity index (χ4n) is 4.07. The lowest BCUT2D eigenvalue weighted by atomic mass is 9.97. The van der Waals surface area contributed by atoms with Crippen molar-refractivity contribution in [3.05, 3.63) is 58.7 Å². The fourth-order valence-corrected chi connectivity index (χ4v) is 5.22. The van der Waals surface area contributed by atoms with Gasteiger partial charge in [0.25, 0.3) is 0 Å². The molecule has 152 valence electrons. The van der Waals surface area contributed by atoms with E-state index in [0.29, 0.717) is 0 Å². The number of ketones is 1. The van der Waals surface area contributed by atoms with Crippen LogP contribution in [-0.2, 0) is 6.54 Å². The number of hydrogen-bond acceptors (Lipinski definition) is 5. The van der Waals surface area contributed by atoms with E-state index in [1.54, 1.807) is 18.4 Å². The highest BCUT2D eigenvalue weighted by molar-refractivity contribution is 7.23. The molecule has 0 saturated carbocycles. The van der Waals surface area contributed by atoms with E-state index in [9.17, 15) is 4.79 Å². The van der Waals surface area contributed by atoms with Crippen molar-refractivity contribution in [2.45, 2.75) is 26.3 Å². The topological polar surface area (TPSA) is 32.8 Å². The SMILES string of the molecule is COc1ccc2c(C(=O)c3ccc(CN4CCCC4)c(C)c3)c(N(C)C)sc2c1. The van der Waals surface area contributed by atoms with E-state index >= 15 is 0 Å². The van der Waals surface area contributed by atoms with Gasteiger partial charge in [0.15, 0.2) is 5.78 Å². The predicted octanol–water partition coefficient (Wildman–Crippen LogP) is 5.11. The number of carbonyl (C=O) groups is 1. The highest BCUT2D eigenvalue weighted by atomic mass is 32.1. The largest absolute Gasteiger partial charge is 0.497 e. The van der Waals surface area contributed by atoms with Crippen LogP contribution in [0.5, 0.6) is 5.75 Å². The van der Waals surface area contributed by atoms with E-state index < -0.39 is 0 Å². The first-order valence-corrected chi connectivity index (χ1v) is 10.9. The minimum Gasteiger partial charge on any atom is -0.497 e. The third-order valence-corrected chi connectivity index (χ3v) is 7.03. The number of ether oxygens (including phenoxy) is 1. The molecule has 0 amide bonds. The average molecular weight is 409 g/mol. The van der Waals surface area contributed by atoms with Gasteiger partial charge in [-0.25, -0.2) is 0 Å². The van der Waals surface area contributed by atoms with E-state index in [2.05, 4.69) is 24.0 Å². The van der Waals surface area contributed by atoms with Crippen LogP contribution in [0.25, 0.3) is 10.1 Å². The van der Waals surface area contributed by atoms with Gasteiger partial charge in [0.1, 0.15) is 10.8 Å². The van der Waals surface area contributed by atoms with E-state index in [1.807, 2.05) is 43.3 Å². The van der Waals surface area contributed by atoms with E-state index in [-0.39, 0.29) is 5.78 Å². The summed E-state index contributed by atoms with van der Waals surface area (Å²) in [6.45, 7) is 5.45. The number of aryl methyl sites for hydroxylation is 1. The van der Waals surface area contributed by atoms with Crippen LogP contribution < -0.4 is 9.64 Å². The average Bonchev–Trinajstić information content (AvgIpc) is 3.35. The maximum absolute atomic E-state index is 13.5. The Balaban J connectivity index is 1.71. The molecule has 0 N–H and O–H groups in total. The molecular weight excluding hydrogens is 380 g/mol. The first kappa shape index (κ1) is 19.9. The van der Waals surface area contributed by atoms with Crippen molar-refractivity contribution in [1.82, 2.24) is 4.90 Å². The molecule has 2 heterocycles. The molecule has 29 heavy (non-hydrogen) atoms. The van der Waals surface area contributed by atoms with Gasteiger partial charge in [0.05, 0.1) is 12.7 Å². The molecular formula is C24H28N2O2S. The predicted molar refractivity (Wildman–Crippen MR) is 122 cm³/mol. The summed E-state index contributed by atoms with van der Waals surface area (Å²) in [7, 11) is 5.65. The lowest BCUT2D eigenvalue weighted by molar-refractivity contribution is 0.104. The third kappa shape index (κ3) is 3.89. The summed E-state index contributed by atoms with van der Waals surface area (Å²) in [4.78, 5) is 18.1. The van der Waals surface area contributed by atoms with Crippen LogP contribution in [0.2, 0.25) is 0 Å². The van der Waals surface area contributed by atoms with E-state index in [4.69, 9.17) is 4.74 Å². The van der Waals surface area contributed by atoms with Crippen molar-refractivity contribution in [3.63, 3.8) is 0 Å². The number of thiophene rings is 1. The molecule has 1 aliphatic heterocycles. The Bertz CT molecular complexity index is 1050. The molecule has 3 aromatic rings. The van der Waals surface area contributed by atoms with Gasteiger partial charge in [-0.2, -0.15) is 0 Å². The number of fused-ring (bicyclic) bond motifs is 1. The molecule has 1 saturated heterocycles. The molecule has 1 fully saturated rings. The molecule has 1 aromatic heterocycles. The Hall–Kier alpha value is -2.37. The highest BCUT2D eigenvalue weighted by Gasteiger charge is 2.23. The van der Waals surface area contributed by atoms with Crippen LogP contribution in [0.4, 0.5) is 5.00 Å². The van der Waals surface area contributed by atoms with Crippen molar-refractivity contribution in [3.8, 4) is 5.75 Å². The molecule has 0 bridgehead atoms. The molecule has 0 spiro atoms. The number of carbonyl (C=O) groups excluding carboxylic acids is 1. The second-order valence-electron chi connectivity index (χ2n) is 7.99. The Kier molecular flexibility index (Phi) is 5.61. The summed E-state index contributed by atoms with van der Waals surface area (Å²) in [6, 6.07) is 12.1. The van der Waals surface area contributed by atoms with E-state index in [0.717, 1.165) is 38.5 Å². The van der Waals surface area contributed by atoms with Crippen molar-refractivity contribution >= 4 is 32.2 Å². The minimum absolute atomic E-state index is 0.0842. The van der Waals surface area contributed by atoms with Gasteiger partial charge in [-0.3, -0.25) is 9.69 Å². The molecule has 0 atom stereocenters. The highest BCUT2D eigenvalue weighted by Crippen LogP contribution is 2.40. The van der Waals surface area contributed by atoms with Crippen molar-refractivity contribution in [2.75, 3.05) is 39.2 Å². The first-order valence-electron chi connectivity index (χ1n) is 10.1. The van der Waals surface area contributed by atoms with Gasteiger partial charge in [0, 0.05) is 36.3 Å². The van der Waals surface area contributed by atoms with Crippen molar-refractivity contribution in [1.29, 1.82) is 0 Å². The van der Waals surface area contributed by atoms with Crippen LogP contribution in [-0.4, -0.2) is 45.0 Å². The Morgan fingerprint density at radius 1 is 1.14 bits per heavy atom. The zero-order chi connectivity index (χ0) is 20.5. The summed E-state index contributed by atoms with van der Waals surface area (Å²) in [6.07, 6.45) is 2.58. The number of anilines is 1. The lowest BCUT2D eigenvalue weighted by Gasteiger charge is -2.17. The molecule has 0 radical (unpaired) electrons. The number of benzene rings is 2. The standard InChI is InChI=1S/C24H28N2O2S/c1-16-13-17(7-8-18(16)15-26-11-5-6-12-26)23(27)22-20-10-9-19(28-4)14-21(20)29-24(22)25(2)3/h7-10,13-14H,5-6,11-12,15H2,1-4H3. The van der Waals surface area contributed by atoms with Gasteiger partial charge in [-0.15, -0.1) is 11.3 Å². The maximum Gasteiger partial charge on any atom is 0.196 e. The number of likely N-dealkylation sites (tertiary alicyclic amines) is 1. The fraction of sp³-hybridized carbons (Fsp3) is 0.375. The normalized spacial score (nSPS) is 14.5. The first-order chi connectivity index (χ1) is 14.0. The monoisotopic (exact) mass is 408 g/mol. The lowest BCUT2D eigenvalue weighted by Crippen LogP contribution is -2.19. The third-order valence-electron chi connectivity index (χ3n) is 5.71. The molecule has 2 aromatic carbocycles. The van der Waals surface area contributed by atoms with Gasteiger partial charge in [-0.1, -0.05) is 12.1 Å². The molecule has 0 unspecified atom stereocenters. The maximum atomic E-state index is 13.5. The quantitative estimate of drug-likeness (QED) is 0.531. The number of nitrogens with zero attached hydrogens (tertiary/aromatic N) is 2. The van der Waals surface area contributed by atoms with Crippen molar-refractivity contribution < 1.29 is 9.53 Å². The second-order valence-corrected chi connectivity index (χ2v) is 9.02. The van der Waals surface area contributed by atoms with Gasteiger partial charge >= 0.3 is 0 Å². The zero-order valence-electron chi connectivity index (χ0n) is 17.6. The van der Waals surface area contributed by atoms with Crippen LogP contribution in [0.15, 0.2) is 36.4 Å². The number of rotatable bonds is 6. The van der Waals surface area contributed by atoms with Crippen LogP contribution in [0.1, 0.15) is 39.9 Å². The van der Waals surface area contributed by atoms with Crippen LogP contribution in [0, 0.1) is 6.92 Å². The van der Waals surface area contributed by atoms with Gasteiger partial charge < -0.3 is 9.64 Å². The van der Waals surface area contributed by atoms with Crippen LogP contribution >= 0.6 is 11.3 Å². The van der Waals surface area contributed by atoms with Crippen molar-refractivity contribution in [2.24, 2.45) is 0 Å². The summed E-state index contributed by atoms with van der Waals surface area (Å²) in [5.74, 6) is 0.895. The van der Waals surface area contributed by atoms with Gasteiger partial charge in [-0.05, 0) is 68.2 Å². The molecule has 4 rings (SSSR count). The Labute approximate surface area is 176 Å². The summed E-state index contributed by atoms with van der Waals surface area (Å²) in [5.41, 5.74) is 4.04. The van der Waals surface area contributed by atoms with Gasteiger partial charge in [0.2, 0.25) is 0 Å². The summed E-state index contributed by atoms with van der Waals surface area (Å²) >= 11 is 1.63. The molecule has 4 nitrogen and oxygen atoms in total. The number of hydrogen-bond donors (Lipinski definition) is 0. The second kappa shape index (κ2) is 8.17. The van der Waals surface area contributed by atoms with E-state index in [1.165, 1.54) is 37.1 Å². The Morgan fingerprint density at radius 3 is 2.55 bits per heavy atom. The van der Waals surface area contributed by atoms with Crippen LogP contribution in [0.3, 0.4) is 0 Å². The molecule has 0 aliphatic carbocycles. The molecule has 5 heteroatoms.